The highest BCUT2D eigenvalue weighted by molar-refractivity contribution is 6.00. The van der Waals surface area contributed by atoms with E-state index in [1.807, 2.05) is 0 Å². The quantitative estimate of drug-likeness (QED) is 0.803. The van der Waals surface area contributed by atoms with Crippen molar-refractivity contribution in [1.29, 1.82) is 0 Å². The SMILES string of the molecule is O=C(O)C[C@H]1CCC[C@@H]1C(=O)c1ccccc1O. The smallest absolute Gasteiger partial charge is 0.303 e. The van der Waals surface area contributed by atoms with Gasteiger partial charge >= 0.3 is 5.97 Å². The van der Waals surface area contributed by atoms with Gasteiger partial charge in [-0.05, 0) is 30.9 Å². The second-order valence-electron chi connectivity index (χ2n) is 4.78. The van der Waals surface area contributed by atoms with Crippen molar-refractivity contribution in [3.63, 3.8) is 0 Å². The van der Waals surface area contributed by atoms with Gasteiger partial charge in [0.1, 0.15) is 5.75 Å². The van der Waals surface area contributed by atoms with Gasteiger partial charge in [0, 0.05) is 12.3 Å². The first-order valence-corrected chi connectivity index (χ1v) is 6.13. The third kappa shape index (κ3) is 2.53. The lowest BCUT2D eigenvalue weighted by Crippen LogP contribution is -2.21. The van der Waals surface area contributed by atoms with Gasteiger partial charge in [0.25, 0.3) is 0 Å². The van der Waals surface area contributed by atoms with E-state index in [4.69, 9.17) is 5.11 Å². The average Bonchev–Trinajstić information content (AvgIpc) is 2.76. The number of carbonyl (C=O) groups excluding carboxylic acids is 1. The van der Waals surface area contributed by atoms with Crippen LogP contribution < -0.4 is 0 Å². The van der Waals surface area contributed by atoms with Crippen LogP contribution in [0.5, 0.6) is 5.75 Å². The fourth-order valence-electron chi connectivity index (χ4n) is 2.73. The van der Waals surface area contributed by atoms with E-state index < -0.39 is 5.97 Å². The van der Waals surface area contributed by atoms with E-state index in [1.165, 1.54) is 6.07 Å². The van der Waals surface area contributed by atoms with Crippen molar-refractivity contribution in [2.45, 2.75) is 25.7 Å². The van der Waals surface area contributed by atoms with E-state index in [-0.39, 0.29) is 29.8 Å². The van der Waals surface area contributed by atoms with Crippen molar-refractivity contribution in [1.82, 2.24) is 0 Å². The minimum atomic E-state index is -0.864. The summed E-state index contributed by atoms with van der Waals surface area (Å²) in [4.78, 5) is 23.1. The van der Waals surface area contributed by atoms with E-state index in [0.717, 1.165) is 12.8 Å². The number of hydrogen-bond acceptors (Lipinski definition) is 3. The fourth-order valence-corrected chi connectivity index (χ4v) is 2.73. The summed E-state index contributed by atoms with van der Waals surface area (Å²) in [6.07, 6.45) is 2.40. The molecule has 0 saturated heterocycles. The molecule has 96 valence electrons. The minimum absolute atomic E-state index is 0.0246. The molecule has 0 spiro atoms. The molecule has 0 aromatic heterocycles. The highest BCUT2D eigenvalue weighted by Crippen LogP contribution is 2.37. The predicted molar refractivity (Wildman–Crippen MR) is 65.5 cm³/mol. The molecule has 1 saturated carbocycles. The van der Waals surface area contributed by atoms with Gasteiger partial charge in [-0.3, -0.25) is 9.59 Å². The number of para-hydroxylation sites is 1. The largest absolute Gasteiger partial charge is 0.507 e. The van der Waals surface area contributed by atoms with Crippen LogP contribution in [0, 0.1) is 11.8 Å². The molecule has 2 atom stereocenters. The molecule has 0 aliphatic heterocycles. The van der Waals surface area contributed by atoms with Gasteiger partial charge in [-0.25, -0.2) is 0 Å². The molecule has 0 bridgehead atoms. The van der Waals surface area contributed by atoms with Gasteiger partial charge < -0.3 is 10.2 Å². The molecule has 0 radical (unpaired) electrons. The van der Waals surface area contributed by atoms with Crippen LogP contribution in [0.25, 0.3) is 0 Å². The standard InChI is InChI=1S/C14H16O4/c15-12-7-2-1-5-11(12)14(18)10-6-3-4-9(10)8-13(16)17/h1-2,5,7,9-10,15H,3-4,6,8H2,(H,16,17)/t9-,10+/m1/s1. The van der Waals surface area contributed by atoms with Gasteiger partial charge in [0.05, 0.1) is 5.56 Å². The summed E-state index contributed by atoms with van der Waals surface area (Å²) in [7, 11) is 0. The molecule has 0 unspecified atom stereocenters. The van der Waals surface area contributed by atoms with Gasteiger partial charge in [-0.1, -0.05) is 18.6 Å². The maximum atomic E-state index is 12.3. The number of benzene rings is 1. The van der Waals surface area contributed by atoms with Gasteiger partial charge in [-0.15, -0.1) is 0 Å². The lowest BCUT2D eigenvalue weighted by Gasteiger charge is -2.17. The Kier molecular flexibility index (Phi) is 3.65. The number of phenolic OH excluding ortho intramolecular Hbond substituents is 1. The topological polar surface area (TPSA) is 74.6 Å². The third-order valence-electron chi connectivity index (χ3n) is 3.60. The van der Waals surface area contributed by atoms with Gasteiger partial charge in [-0.2, -0.15) is 0 Å². The van der Waals surface area contributed by atoms with Crippen LogP contribution in [0.3, 0.4) is 0 Å². The molecule has 2 rings (SSSR count). The van der Waals surface area contributed by atoms with Gasteiger partial charge in [0.2, 0.25) is 0 Å². The Morgan fingerprint density at radius 3 is 2.61 bits per heavy atom. The van der Waals surface area contributed by atoms with Crippen LogP contribution in [0.15, 0.2) is 24.3 Å². The number of aliphatic carboxylic acids is 1. The highest BCUT2D eigenvalue weighted by atomic mass is 16.4. The molecule has 1 aliphatic carbocycles. The lowest BCUT2D eigenvalue weighted by atomic mass is 9.86. The normalized spacial score (nSPS) is 22.9. The maximum absolute atomic E-state index is 12.3. The number of carboxylic acids is 1. The Bertz CT molecular complexity index is 467. The number of ketones is 1. The lowest BCUT2D eigenvalue weighted by molar-refractivity contribution is -0.138. The number of carbonyl (C=O) groups is 2. The van der Waals surface area contributed by atoms with Crippen molar-refractivity contribution in [3.05, 3.63) is 29.8 Å². The first kappa shape index (κ1) is 12.6. The van der Waals surface area contributed by atoms with Crippen LogP contribution >= 0.6 is 0 Å². The van der Waals surface area contributed by atoms with Gasteiger partial charge in [0.15, 0.2) is 5.78 Å². The Morgan fingerprint density at radius 1 is 1.22 bits per heavy atom. The third-order valence-corrected chi connectivity index (χ3v) is 3.60. The van der Waals surface area contributed by atoms with E-state index in [0.29, 0.717) is 12.0 Å². The zero-order valence-electron chi connectivity index (χ0n) is 10.0. The molecule has 18 heavy (non-hydrogen) atoms. The summed E-state index contributed by atoms with van der Waals surface area (Å²) in [5.74, 6) is -1.39. The Hall–Kier alpha value is -1.84. The average molecular weight is 248 g/mol. The number of aromatic hydroxyl groups is 1. The van der Waals surface area contributed by atoms with Crippen molar-refractivity contribution < 1.29 is 19.8 Å². The number of Topliss-reactive ketones (excluding diaryl/α,β-unsaturated/α-hetero) is 1. The molecule has 1 aromatic carbocycles. The summed E-state index contributed by atoms with van der Waals surface area (Å²) >= 11 is 0. The zero-order valence-corrected chi connectivity index (χ0v) is 10.0. The zero-order chi connectivity index (χ0) is 13.1. The predicted octanol–water partition coefficient (Wildman–Crippen LogP) is 2.47. The van der Waals surface area contributed by atoms with Crippen molar-refractivity contribution in [2.24, 2.45) is 11.8 Å². The van der Waals surface area contributed by atoms with Crippen LogP contribution in [0.4, 0.5) is 0 Å². The molecule has 4 heteroatoms. The Morgan fingerprint density at radius 2 is 1.94 bits per heavy atom. The maximum Gasteiger partial charge on any atom is 0.303 e. The number of carboxylic acid groups (broad SMARTS) is 1. The Labute approximate surface area is 105 Å². The summed E-state index contributed by atoms with van der Waals surface area (Å²) in [5.41, 5.74) is 0.305. The Balaban J connectivity index is 2.18. The number of phenols is 1. The fraction of sp³-hybridized carbons (Fsp3) is 0.429. The molecule has 2 N–H and O–H groups in total. The highest BCUT2D eigenvalue weighted by Gasteiger charge is 2.35. The number of rotatable bonds is 4. The molecular weight excluding hydrogens is 232 g/mol. The van der Waals surface area contributed by atoms with E-state index in [1.54, 1.807) is 18.2 Å². The van der Waals surface area contributed by atoms with E-state index in [2.05, 4.69) is 0 Å². The van der Waals surface area contributed by atoms with Crippen LogP contribution in [0.1, 0.15) is 36.0 Å². The van der Waals surface area contributed by atoms with Crippen LogP contribution in [-0.2, 0) is 4.79 Å². The second-order valence-corrected chi connectivity index (χ2v) is 4.78. The first-order valence-electron chi connectivity index (χ1n) is 6.13. The summed E-state index contributed by atoms with van der Waals surface area (Å²) in [6, 6.07) is 6.44. The monoisotopic (exact) mass is 248 g/mol. The summed E-state index contributed by atoms with van der Waals surface area (Å²) in [5, 5.41) is 18.5. The summed E-state index contributed by atoms with van der Waals surface area (Å²) < 4.78 is 0. The summed E-state index contributed by atoms with van der Waals surface area (Å²) in [6.45, 7) is 0. The number of hydrogen-bond donors (Lipinski definition) is 2. The molecule has 1 fully saturated rings. The minimum Gasteiger partial charge on any atom is -0.507 e. The molecule has 4 nitrogen and oxygen atoms in total. The molecule has 0 heterocycles. The molecule has 1 aliphatic rings. The van der Waals surface area contributed by atoms with Crippen LogP contribution in [0.2, 0.25) is 0 Å². The van der Waals surface area contributed by atoms with Crippen LogP contribution in [-0.4, -0.2) is 22.0 Å². The van der Waals surface area contributed by atoms with Crippen molar-refractivity contribution in [3.8, 4) is 5.75 Å². The molecule has 1 aromatic rings. The molecule has 0 amide bonds. The first-order chi connectivity index (χ1) is 8.59. The molecular formula is C14H16O4. The van der Waals surface area contributed by atoms with Crippen molar-refractivity contribution >= 4 is 11.8 Å². The van der Waals surface area contributed by atoms with Crippen molar-refractivity contribution in [2.75, 3.05) is 0 Å². The van der Waals surface area contributed by atoms with E-state index in [9.17, 15) is 14.7 Å². The second kappa shape index (κ2) is 5.21. The van der Waals surface area contributed by atoms with E-state index >= 15 is 0 Å².